The van der Waals surface area contributed by atoms with Crippen molar-refractivity contribution in [3.8, 4) is 17.6 Å². The van der Waals surface area contributed by atoms with Gasteiger partial charge in [0.15, 0.2) is 17.6 Å². The molecule has 0 aliphatic rings. The highest BCUT2D eigenvalue weighted by molar-refractivity contribution is 6.00. The van der Waals surface area contributed by atoms with Crippen LogP contribution in [0.15, 0.2) is 42.5 Å². The smallest absolute Gasteiger partial charge is 0.221 e. The van der Waals surface area contributed by atoms with Gasteiger partial charge in [0.2, 0.25) is 11.7 Å². The minimum Gasteiger partial charge on any atom is -0.493 e. The van der Waals surface area contributed by atoms with Crippen molar-refractivity contribution in [2.75, 3.05) is 12.4 Å². The highest BCUT2D eigenvalue weighted by atomic mass is 16.5. The van der Waals surface area contributed by atoms with Crippen LogP contribution in [0.3, 0.4) is 0 Å². The Morgan fingerprint density at radius 1 is 1.12 bits per heavy atom. The van der Waals surface area contributed by atoms with E-state index < -0.39 is 6.10 Å². The Balaban J connectivity index is 2.12. The summed E-state index contributed by atoms with van der Waals surface area (Å²) in [5, 5.41) is 11.6. The first-order valence-corrected chi connectivity index (χ1v) is 7.61. The molecule has 2 rings (SSSR count). The van der Waals surface area contributed by atoms with Crippen molar-refractivity contribution in [2.24, 2.45) is 0 Å². The van der Waals surface area contributed by atoms with E-state index in [2.05, 4.69) is 5.32 Å². The first kappa shape index (κ1) is 18.0. The summed E-state index contributed by atoms with van der Waals surface area (Å²) >= 11 is 0. The molecule has 0 aliphatic carbocycles. The molecule has 0 saturated carbocycles. The largest absolute Gasteiger partial charge is 0.493 e. The molecule has 0 spiro atoms. The van der Waals surface area contributed by atoms with Gasteiger partial charge in [-0.15, -0.1) is 0 Å². The number of anilines is 1. The molecular weight excluding hydrogens is 320 g/mol. The van der Waals surface area contributed by atoms with E-state index in [0.717, 1.165) is 0 Å². The molecule has 2 aromatic rings. The molecule has 0 fully saturated rings. The van der Waals surface area contributed by atoms with E-state index in [0.29, 0.717) is 28.3 Å². The molecule has 0 saturated heterocycles. The summed E-state index contributed by atoms with van der Waals surface area (Å²) < 4.78 is 10.9. The van der Waals surface area contributed by atoms with Crippen LogP contribution < -0.4 is 14.8 Å². The van der Waals surface area contributed by atoms with Crippen LogP contribution in [-0.2, 0) is 4.79 Å². The van der Waals surface area contributed by atoms with Gasteiger partial charge in [0.25, 0.3) is 0 Å². The SMILES string of the molecule is COc1cc(C#N)ccc1OC(C)C(=O)c1ccc(NC(C)=O)cc1. The van der Waals surface area contributed by atoms with Crippen LogP contribution in [0.1, 0.15) is 29.8 Å². The molecule has 0 heterocycles. The highest BCUT2D eigenvalue weighted by Gasteiger charge is 2.19. The van der Waals surface area contributed by atoms with Crippen molar-refractivity contribution < 1.29 is 19.1 Å². The van der Waals surface area contributed by atoms with E-state index in [1.54, 1.807) is 49.4 Å². The Bertz CT molecular complexity index is 822. The second-order valence-electron chi connectivity index (χ2n) is 5.36. The number of nitriles is 1. The van der Waals surface area contributed by atoms with E-state index in [4.69, 9.17) is 14.7 Å². The minimum atomic E-state index is -0.742. The van der Waals surface area contributed by atoms with Gasteiger partial charge < -0.3 is 14.8 Å². The fourth-order valence-electron chi connectivity index (χ4n) is 2.23. The predicted octanol–water partition coefficient (Wildman–Crippen LogP) is 3.18. The quantitative estimate of drug-likeness (QED) is 0.817. The summed E-state index contributed by atoms with van der Waals surface area (Å²) in [5.41, 5.74) is 1.53. The topological polar surface area (TPSA) is 88.4 Å². The summed E-state index contributed by atoms with van der Waals surface area (Å²) in [6.45, 7) is 3.06. The Hall–Kier alpha value is -3.33. The number of Topliss-reactive ketones (excluding diaryl/α,β-unsaturated/α-hetero) is 1. The maximum absolute atomic E-state index is 12.5. The minimum absolute atomic E-state index is 0.177. The van der Waals surface area contributed by atoms with E-state index in [1.165, 1.54) is 14.0 Å². The van der Waals surface area contributed by atoms with Gasteiger partial charge >= 0.3 is 0 Å². The predicted molar refractivity (Wildman–Crippen MR) is 92.9 cm³/mol. The molecule has 25 heavy (non-hydrogen) atoms. The Labute approximate surface area is 146 Å². The second kappa shape index (κ2) is 7.97. The van der Waals surface area contributed by atoms with Crippen LogP contribution in [0.25, 0.3) is 0 Å². The summed E-state index contributed by atoms with van der Waals surface area (Å²) in [5.74, 6) is 0.390. The van der Waals surface area contributed by atoms with Crippen molar-refractivity contribution in [3.05, 3.63) is 53.6 Å². The standard InChI is InChI=1S/C19H18N2O4/c1-12(25-17-9-4-14(11-20)10-18(17)24-3)19(23)15-5-7-16(8-6-15)21-13(2)22/h4-10,12H,1-3H3,(H,21,22). The molecule has 1 amide bonds. The lowest BCUT2D eigenvalue weighted by Gasteiger charge is -2.16. The lowest BCUT2D eigenvalue weighted by molar-refractivity contribution is -0.114. The number of nitrogens with one attached hydrogen (secondary N) is 1. The molecule has 6 heteroatoms. The molecule has 1 unspecified atom stereocenters. The van der Waals surface area contributed by atoms with Crippen molar-refractivity contribution in [1.29, 1.82) is 5.26 Å². The average molecular weight is 338 g/mol. The first-order valence-electron chi connectivity index (χ1n) is 7.61. The molecule has 6 nitrogen and oxygen atoms in total. The van der Waals surface area contributed by atoms with Gasteiger partial charge in [-0.1, -0.05) is 0 Å². The van der Waals surface area contributed by atoms with Gasteiger partial charge in [0.05, 0.1) is 18.7 Å². The van der Waals surface area contributed by atoms with Crippen LogP contribution in [0.4, 0.5) is 5.69 Å². The number of ketones is 1. The monoisotopic (exact) mass is 338 g/mol. The fourth-order valence-corrected chi connectivity index (χ4v) is 2.23. The number of hydrogen-bond donors (Lipinski definition) is 1. The molecule has 0 aromatic heterocycles. The lowest BCUT2D eigenvalue weighted by atomic mass is 10.1. The number of nitrogens with zero attached hydrogens (tertiary/aromatic N) is 1. The van der Waals surface area contributed by atoms with Gasteiger partial charge in [-0.25, -0.2) is 0 Å². The summed E-state index contributed by atoms with van der Waals surface area (Å²) in [4.78, 5) is 23.5. The molecule has 128 valence electrons. The number of benzene rings is 2. The maximum atomic E-state index is 12.5. The lowest BCUT2D eigenvalue weighted by Crippen LogP contribution is -2.24. The highest BCUT2D eigenvalue weighted by Crippen LogP contribution is 2.29. The van der Waals surface area contributed by atoms with Crippen molar-refractivity contribution in [2.45, 2.75) is 20.0 Å². The zero-order chi connectivity index (χ0) is 18.4. The Morgan fingerprint density at radius 3 is 2.36 bits per heavy atom. The van der Waals surface area contributed by atoms with Crippen molar-refractivity contribution in [1.82, 2.24) is 0 Å². The third kappa shape index (κ3) is 4.58. The van der Waals surface area contributed by atoms with Crippen LogP contribution >= 0.6 is 0 Å². The van der Waals surface area contributed by atoms with Gasteiger partial charge in [-0.3, -0.25) is 9.59 Å². The average Bonchev–Trinajstić information content (AvgIpc) is 2.61. The Kier molecular flexibility index (Phi) is 5.75. The summed E-state index contributed by atoms with van der Waals surface area (Å²) in [7, 11) is 1.47. The third-order valence-corrected chi connectivity index (χ3v) is 3.46. The zero-order valence-corrected chi connectivity index (χ0v) is 14.2. The van der Waals surface area contributed by atoms with Gasteiger partial charge in [0.1, 0.15) is 0 Å². The van der Waals surface area contributed by atoms with Gasteiger partial charge in [0, 0.05) is 24.2 Å². The third-order valence-electron chi connectivity index (χ3n) is 3.46. The number of carbonyl (C=O) groups is 2. The first-order chi connectivity index (χ1) is 11.9. The molecule has 0 aliphatic heterocycles. The van der Waals surface area contributed by atoms with Crippen LogP contribution in [0.5, 0.6) is 11.5 Å². The van der Waals surface area contributed by atoms with E-state index in [1.807, 2.05) is 6.07 Å². The van der Waals surface area contributed by atoms with E-state index in [-0.39, 0.29) is 11.7 Å². The molecule has 0 radical (unpaired) electrons. The van der Waals surface area contributed by atoms with E-state index >= 15 is 0 Å². The Morgan fingerprint density at radius 2 is 1.80 bits per heavy atom. The maximum Gasteiger partial charge on any atom is 0.221 e. The van der Waals surface area contributed by atoms with Crippen LogP contribution in [0.2, 0.25) is 0 Å². The number of ether oxygens (including phenoxy) is 2. The fraction of sp³-hybridized carbons (Fsp3) is 0.211. The number of carbonyl (C=O) groups excluding carboxylic acids is 2. The number of rotatable bonds is 6. The normalized spacial score (nSPS) is 11.1. The number of hydrogen-bond acceptors (Lipinski definition) is 5. The van der Waals surface area contributed by atoms with Crippen LogP contribution in [-0.4, -0.2) is 24.9 Å². The zero-order valence-electron chi connectivity index (χ0n) is 14.2. The van der Waals surface area contributed by atoms with Gasteiger partial charge in [-0.05, 0) is 43.3 Å². The molecule has 2 aromatic carbocycles. The summed E-state index contributed by atoms with van der Waals surface area (Å²) in [6, 6.07) is 13.3. The molecule has 1 N–H and O–H groups in total. The second-order valence-corrected chi connectivity index (χ2v) is 5.36. The van der Waals surface area contributed by atoms with E-state index in [9.17, 15) is 9.59 Å². The van der Waals surface area contributed by atoms with Crippen LogP contribution in [0, 0.1) is 11.3 Å². The van der Waals surface area contributed by atoms with Crippen molar-refractivity contribution >= 4 is 17.4 Å². The number of methoxy groups -OCH3 is 1. The van der Waals surface area contributed by atoms with Crippen molar-refractivity contribution in [3.63, 3.8) is 0 Å². The number of amides is 1. The molecular formula is C19H18N2O4. The summed E-state index contributed by atoms with van der Waals surface area (Å²) in [6.07, 6.45) is -0.742. The van der Waals surface area contributed by atoms with Gasteiger partial charge in [-0.2, -0.15) is 5.26 Å². The molecule has 0 bridgehead atoms. The molecule has 1 atom stereocenters.